The number of halogens is 1. The van der Waals surface area contributed by atoms with Gasteiger partial charge < -0.3 is 5.32 Å². The average molecular weight is 297 g/mol. The minimum absolute atomic E-state index is 0.141. The second-order valence-electron chi connectivity index (χ2n) is 4.78. The number of nitrogens with zero attached hydrogens (tertiary/aromatic N) is 2. The summed E-state index contributed by atoms with van der Waals surface area (Å²) in [6, 6.07) is 12.2. The molecule has 110 valence electrons. The van der Waals surface area contributed by atoms with Crippen molar-refractivity contribution in [1.29, 1.82) is 0 Å². The number of hydrogen-bond donors (Lipinski definition) is 1. The Bertz CT molecular complexity index is 917. The molecule has 0 unspecified atom stereocenters. The second-order valence-corrected chi connectivity index (χ2v) is 4.78. The summed E-state index contributed by atoms with van der Waals surface area (Å²) in [4.78, 5) is 24.4. The van der Waals surface area contributed by atoms with Gasteiger partial charge in [-0.3, -0.25) is 9.59 Å². The molecule has 1 amide bonds. The lowest BCUT2D eigenvalue weighted by Gasteiger charge is -2.08. The van der Waals surface area contributed by atoms with E-state index in [4.69, 9.17) is 0 Å². The summed E-state index contributed by atoms with van der Waals surface area (Å²) < 4.78 is 14.0. The van der Waals surface area contributed by atoms with Gasteiger partial charge in [-0.15, -0.1) is 0 Å². The molecule has 5 nitrogen and oxygen atoms in total. The van der Waals surface area contributed by atoms with E-state index in [0.717, 1.165) is 4.68 Å². The van der Waals surface area contributed by atoms with Crippen molar-refractivity contribution < 1.29 is 9.18 Å². The van der Waals surface area contributed by atoms with Gasteiger partial charge in [-0.2, -0.15) is 5.10 Å². The van der Waals surface area contributed by atoms with Crippen LogP contribution in [0.15, 0.2) is 53.3 Å². The van der Waals surface area contributed by atoms with Crippen LogP contribution in [0.2, 0.25) is 0 Å². The van der Waals surface area contributed by atoms with Crippen LogP contribution in [0.4, 0.5) is 10.1 Å². The zero-order chi connectivity index (χ0) is 15.7. The van der Waals surface area contributed by atoms with E-state index in [1.165, 1.54) is 31.3 Å². The molecule has 1 aromatic heterocycles. The number of carbonyl (C=O) groups is 1. The molecule has 0 fully saturated rings. The number of anilines is 1. The van der Waals surface area contributed by atoms with Crippen molar-refractivity contribution >= 4 is 22.4 Å². The summed E-state index contributed by atoms with van der Waals surface area (Å²) in [6.45, 7) is 0. The third-order valence-corrected chi connectivity index (χ3v) is 3.27. The predicted molar refractivity (Wildman–Crippen MR) is 81.3 cm³/mol. The molecule has 0 bridgehead atoms. The minimum atomic E-state index is -0.460. The Balaban J connectivity index is 2.06. The van der Waals surface area contributed by atoms with E-state index in [-0.39, 0.29) is 17.1 Å². The lowest BCUT2D eigenvalue weighted by molar-refractivity contribution is 0.102. The van der Waals surface area contributed by atoms with E-state index in [0.29, 0.717) is 16.5 Å². The zero-order valence-corrected chi connectivity index (χ0v) is 11.7. The van der Waals surface area contributed by atoms with Crippen LogP contribution in [0, 0.1) is 5.82 Å². The molecule has 3 rings (SSSR count). The summed E-state index contributed by atoms with van der Waals surface area (Å²) >= 11 is 0. The third kappa shape index (κ3) is 2.46. The summed E-state index contributed by atoms with van der Waals surface area (Å²) in [5, 5.41) is 7.57. The summed E-state index contributed by atoms with van der Waals surface area (Å²) in [6.07, 6.45) is 0. The van der Waals surface area contributed by atoms with Crippen LogP contribution in [0.1, 0.15) is 10.5 Å². The first-order chi connectivity index (χ1) is 10.6. The number of nitrogens with one attached hydrogen (secondary N) is 1. The molecule has 0 atom stereocenters. The Morgan fingerprint density at radius 3 is 2.41 bits per heavy atom. The molecule has 6 heteroatoms. The number of aryl methyl sites for hydroxylation is 1. The zero-order valence-electron chi connectivity index (χ0n) is 11.7. The Hall–Kier alpha value is -3.02. The molecule has 0 aliphatic carbocycles. The largest absolute Gasteiger partial charge is 0.321 e. The fraction of sp³-hybridized carbons (Fsp3) is 0.0625. The highest BCUT2D eigenvalue weighted by atomic mass is 19.1. The number of amides is 1. The molecule has 0 aliphatic rings. The fourth-order valence-corrected chi connectivity index (χ4v) is 2.19. The van der Waals surface area contributed by atoms with Crippen molar-refractivity contribution in [1.82, 2.24) is 9.78 Å². The summed E-state index contributed by atoms with van der Waals surface area (Å²) in [7, 11) is 1.49. The molecule has 1 heterocycles. The highest BCUT2D eigenvalue weighted by Gasteiger charge is 2.15. The number of rotatable bonds is 2. The molecule has 0 spiro atoms. The van der Waals surface area contributed by atoms with Gasteiger partial charge in [0.2, 0.25) is 0 Å². The van der Waals surface area contributed by atoms with E-state index in [2.05, 4.69) is 10.4 Å². The van der Waals surface area contributed by atoms with Crippen molar-refractivity contribution in [2.75, 3.05) is 5.32 Å². The molecule has 0 radical (unpaired) electrons. The van der Waals surface area contributed by atoms with E-state index >= 15 is 0 Å². The van der Waals surface area contributed by atoms with Crippen molar-refractivity contribution in [2.24, 2.45) is 7.05 Å². The monoisotopic (exact) mass is 297 g/mol. The van der Waals surface area contributed by atoms with Crippen molar-refractivity contribution in [2.45, 2.75) is 0 Å². The second kappa shape index (κ2) is 5.40. The first-order valence-corrected chi connectivity index (χ1v) is 6.59. The smallest absolute Gasteiger partial charge is 0.276 e. The van der Waals surface area contributed by atoms with Gasteiger partial charge in [0.1, 0.15) is 5.82 Å². The molecular weight excluding hydrogens is 285 g/mol. The Morgan fingerprint density at radius 1 is 1.09 bits per heavy atom. The standard InChI is InChI=1S/C16H12FN3O2/c1-20-16(22)13-5-3-2-4-12(13)14(19-20)15(21)18-11-8-6-10(17)7-9-11/h2-9H,1H3,(H,18,21). The lowest BCUT2D eigenvalue weighted by Crippen LogP contribution is -2.25. The number of aromatic nitrogens is 2. The average Bonchev–Trinajstić information content (AvgIpc) is 2.53. The molecule has 0 saturated heterocycles. The van der Waals surface area contributed by atoms with E-state index in [9.17, 15) is 14.0 Å². The van der Waals surface area contributed by atoms with Crippen LogP contribution in [0.3, 0.4) is 0 Å². The van der Waals surface area contributed by atoms with E-state index in [1.807, 2.05) is 0 Å². The van der Waals surface area contributed by atoms with Gasteiger partial charge in [-0.1, -0.05) is 18.2 Å². The van der Waals surface area contributed by atoms with Crippen LogP contribution in [-0.4, -0.2) is 15.7 Å². The highest BCUT2D eigenvalue weighted by molar-refractivity contribution is 6.11. The number of carbonyl (C=O) groups excluding carboxylic acids is 1. The van der Waals surface area contributed by atoms with Crippen LogP contribution >= 0.6 is 0 Å². The van der Waals surface area contributed by atoms with E-state index in [1.54, 1.807) is 24.3 Å². The number of benzene rings is 2. The molecule has 1 N–H and O–H groups in total. The first kappa shape index (κ1) is 13.9. The molecule has 3 aromatic rings. The minimum Gasteiger partial charge on any atom is -0.321 e. The van der Waals surface area contributed by atoms with Gasteiger partial charge >= 0.3 is 0 Å². The van der Waals surface area contributed by atoms with E-state index < -0.39 is 5.91 Å². The molecule has 0 aliphatic heterocycles. The summed E-state index contributed by atoms with van der Waals surface area (Å²) in [5.74, 6) is -0.845. The van der Waals surface area contributed by atoms with Crippen LogP contribution in [0.25, 0.3) is 10.8 Å². The van der Waals surface area contributed by atoms with Crippen molar-refractivity contribution in [3.05, 3.63) is 70.4 Å². The van der Waals surface area contributed by atoms with Gasteiger partial charge in [-0.05, 0) is 30.3 Å². The van der Waals surface area contributed by atoms with Gasteiger partial charge in [-0.25, -0.2) is 9.07 Å². The van der Waals surface area contributed by atoms with Gasteiger partial charge in [0.15, 0.2) is 5.69 Å². The van der Waals surface area contributed by atoms with Crippen molar-refractivity contribution in [3.8, 4) is 0 Å². The predicted octanol–water partition coefficient (Wildman–Crippen LogP) is 2.32. The first-order valence-electron chi connectivity index (χ1n) is 6.59. The Morgan fingerprint density at radius 2 is 1.73 bits per heavy atom. The van der Waals surface area contributed by atoms with Gasteiger partial charge in [0, 0.05) is 18.1 Å². The van der Waals surface area contributed by atoms with Gasteiger partial charge in [0.25, 0.3) is 11.5 Å². The molecule has 2 aromatic carbocycles. The number of hydrogen-bond acceptors (Lipinski definition) is 3. The quantitative estimate of drug-likeness (QED) is 0.789. The topological polar surface area (TPSA) is 64.0 Å². The summed E-state index contributed by atoms with van der Waals surface area (Å²) in [5.41, 5.74) is 0.321. The van der Waals surface area contributed by atoms with Crippen LogP contribution in [0.5, 0.6) is 0 Å². The number of fused-ring (bicyclic) bond motifs is 1. The SMILES string of the molecule is Cn1nc(C(=O)Nc2ccc(F)cc2)c2ccccc2c1=O. The Kier molecular flexibility index (Phi) is 3.42. The Labute approximate surface area is 125 Å². The normalized spacial score (nSPS) is 10.6. The van der Waals surface area contributed by atoms with Crippen LogP contribution in [-0.2, 0) is 7.05 Å². The maximum Gasteiger partial charge on any atom is 0.276 e. The maximum atomic E-state index is 12.9. The highest BCUT2D eigenvalue weighted by Crippen LogP contribution is 2.15. The maximum absolute atomic E-state index is 12.9. The molecular formula is C16H12FN3O2. The lowest BCUT2D eigenvalue weighted by atomic mass is 10.1. The van der Waals surface area contributed by atoms with Gasteiger partial charge in [0.05, 0.1) is 5.39 Å². The molecule has 0 saturated carbocycles. The van der Waals surface area contributed by atoms with Crippen molar-refractivity contribution in [3.63, 3.8) is 0 Å². The third-order valence-electron chi connectivity index (χ3n) is 3.27. The van der Waals surface area contributed by atoms with Crippen LogP contribution < -0.4 is 10.9 Å². The fourth-order valence-electron chi connectivity index (χ4n) is 2.19. The molecule has 22 heavy (non-hydrogen) atoms.